The highest BCUT2D eigenvalue weighted by Gasteiger charge is 2.13. The minimum atomic E-state index is 0.348. The van der Waals surface area contributed by atoms with Crippen LogP contribution in [0.3, 0.4) is 0 Å². The van der Waals surface area contributed by atoms with Crippen molar-refractivity contribution in [2.24, 2.45) is 0 Å². The van der Waals surface area contributed by atoms with Crippen LogP contribution in [-0.2, 0) is 11.2 Å². The van der Waals surface area contributed by atoms with E-state index < -0.39 is 0 Å². The van der Waals surface area contributed by atoms with Gasteiger partial charge in [-0.3, -0.25) is 0 Å². The Labute approximate surface area is 151 Å². The van der Waals surface area contributed by atoms with Crippen LogP contribution in [0.2, 0.25) is 0 Å². The van der Waals surface area contributed by atoms with E-state index in [4.69, 9.17) is 4.74 Å². The molecule has 1 unspecified atom stereocenters. The van der Waals surface area contributed by atoms with Gasteiger partial charge in [0.15, 0.2) is 0 Å². The molecule has 1 aliphatic rings. The van der Waals surface area contributed by atoms with E-state index in [0.717, 1.165) is 55.3 Å². The molecule has 0 aliphatic carbocycles. The number of rotatable bonds is 6. The SMILES string of the molecule is CC(CCc1ccc(Br)cc1)Nc1cc(N2CCOCC2)ncn1. The van der Waals surface area contributed by atoms with Crippen LogP contribution in [0, 0.1) is 0 Å². The molecule has 24 heavy (non-hydrogen) atoms. The van der Waals surface area contributed by atoms with Gasteiger partial charge in [-0.1, -0.05) is 28.1 Å². The Morgan fingerprint density at radius 3 is 2.71 bits per heavy atom. The lowest BCUT2D eigenvalue weighted by Crippen LogP contribution is -2.36. The standard InChI is InChI=1S/C18H23BrN4O/c1-14(2-3-15-4-6-16(19)7-5-15)22-17-12-18(21-13-20-17)23-8-10-24-11-9-23/h4-7,12-14H,2-3,8-11H2,1H3,(H,20,21,22). The number of halogens is 1. The summed E-state index contributed by atoms with van der Waals surface area (Å²) in [7, 11) is 0. The number of aryl methyl sites for hydroxylation is 1. The van der Waals surface area contributed by atoms with Crippen LogP contribution in [0.4, 0.5) is 11.6 Å². The van der Waals surface area contributed by atoms with Gasteiger partial charge in [-0.25, -0.2) is 9.97 Å². The van der Waals surface area contributed by atoms with Gasteiger partial charge in [-0.2, -0.15) is 0 Å². The number of hydrogen-bond donors (Lipinski definition) is 1. The average Bonchev–Trinajstić information content (AvgIpc) is 2.62. The summed E-state index contributed by atoms with van der Waals surface area (Å²) >= 11 is 3.47. The molecule has 2 aromatic rings. The summed E-state index contributed by atoms with van der Waals surface area (Å²) in [6, 6.07) is 10.9. The van der Waals surface area contributed by atoms with Crippen LogP contribution >= 0.6 is 15.9 Å². The Kier molecular flexibility index (Phi) is 6.04. The first-order valence-corrected chi connectivity index (χ1v) is 9.16. The summed E-state index contributed by atoms with van der Waals surface area (Å²) in [5.41, 5.74) is 1.35. The second-order valence-corrected chi connectivity index (χ2v) is 6.99. The zero-order valence-corrected chi connectivity index (χ0v) is 15.5. The molecular formula is C18H23BrN4O. The molecule has 2 heterocycles. The lowest BCUT2D eigenvalue weighted by molar-refractivity contribution is 0.122. The summed E-state index contributed by atoms with van der Waals surface area (Å²) in [4.78, 5) is 11.0. The van der Waals surface area contributed by atoms with E-state index in [1.807, 2.05) is 6.07 Å². The second-order valence-electron chi connectivity index (χ2n) is 6.07. The summed E-state index contributed by atoms with van der Waals surface area (Å²) in [5.74, 6) is 1.85. The Balaban J connectivity index is 1.53. The van der Waals surface area contributed by atoms with Crippen LogP contribution in [0.15, 0.2) is 41.1 Å². The van der Waals surface area contributed by atoms with E-state index in [9.17, 15) is 0 Å². The van der Waals surface area contributed by atoms with E-state index in [1.165, 1.54) is 5.56 Å². The molecule has 128 valence electrons. The van der Waals surface area contributed by atoms with Gasteiger partial charge in [0.25, 0.3) is 0 Å². The highest BCUT2D eigenvalue weighted by Crippen LogP contribution is 2.17. The van der Waals surface area contributed by atoms with Crippen LogP contribution in [0.5, 0.6) is 0 Å². The van der Waals surface area contributed by atoms with Crippen LogP contribution in [0.25, 0.3) is 0 Å². The van der Waals surface area contributed by atoms with Crippen molar-refractivity contribution in [1.82, 2.24) is 9.97 Å². The summed E-state index contributed by atoms with van der Waals surface area (Å²) in [5, 5.41) is 3.48. The van der Waals surface area contributed by atoms with Crippen molar-refractivity contribution in [2.45, 2.75) is 25.8 Å². The number of anilines is 2. The largest absolute Gasteiger partial charge is 0.378 e. The highest BCUT2D eigenvalue weighted by molar-refractivity contribution is 9.10. The Bertz CT molecular complexity index is 644. The number of morpholine rings is 1. The minimum Gasteiger partial charge on any atom is -0.378 e. The van der Waals surface area contributed by atoms with Crippen molar-refractivity contribution in [2.75, 3.05) is 36.5 Å². The first-order chi connectivity index (χ1) is 11.7. The van der Waals surface area contributed by atoms with Crippen molar-refractivity contribution in [1.29, 1.82) is 0 Å². The monoisotopic (exact) mass is 390 g/mol. The topological polar surface area (TPSA) is 50.3 Å². The molecule has 1 aromatic heterocycles. The van der Waals surface area contributed by atoms with Gasteiger partial charge < -0.3 is 15.0 Å². The van der Waals surface area contributed by atoms with Gasteiger partial charge >= 0.3 is 0 Å². The lowest BCUT2D eigenvalue weighted by Gasteiger charge is -2.28. The van der Waals surface area contributed by atoms with Crippen LogP contribution in [0.1, 0.15) is 18.9 Å². The molecule has 1 aliphatic heterocycles. The molecular weight excluding hydrogens is 368 g/mol. The molecule has 0 spiro atoms. The number of aromatic nitrogens is 2. The first-order valence-electron chi connectivity index (χ1n) is 8.36. The van der Waals surface area contributed by atoms with Crippen LogP contribution < -0.4 is 10.2 Å². The molecule has 0 amide bonds. The molecule has 1 fully saturated rings. The normalized spacial score (nSPS) is 16.0. The molecule has 0 bridgehead atoms. The number of ether oxygens (including phenoxy) is 1. The molecule has 1 aromatic carbocycles. The van der Waals surface area contributed by atoms with Crippen molar-refractivity contribution in [3.63, 3.8) is 0 Å². The molecule has 1 saturated heterocycles. The van der Waals surface area contributed by atoms with Crippen LogP contribution in [-0.4, -0.2) is 42.3 Å². The zero-order chi connectivity index (χ0) is 16.8. The Hall–Kier alpha value is -1.66. The van der Waals surface area contributed by atoms with E-state index >= 15 is 0 Å². The fraction of sp³-hybridized carbons (Fsp3) is 0.444. The van der Waals surface area contributed by atoms with Crippen molar-refractivity contribution >= 4 is 27.6 Å². The van der Waals surface area contributed by atoms with Crippen molar-refractivity contribution < 1.29 is 4.74 Å². The maximum atomic E-state index is 5.39. The van der Waals surface area contributed by atoms with E-state index in [0.29, 0.717) is 6.04 Å². The van der Waals surface area contributed by atoms with Gasteiger partial charge in [-0.15, -0.1) is 0 Å². The first kappa shape index (κ1) is 17.2. The van der Waals surface area contributed by atoms with E-state index in [-0.39, 0.29) is 0 Å². The fourth-order valence-electron chi connectivity index (χ4n) is 2.75. The van der Waals surface area contributed by atoms with Gasteiger partial charge in [0, 0.05) is 29.7 Å². The Morgan fingerprint density at radius 1 is 1.21 bits per heavy atom. The second kappa shape index (κ2) is 8.44. The Morgan fingerprint density at radius 2 is 1.96 bits per heavy atom. The predicted octanol–water partition coefficient (Wildman–Crippen LogP) is 3.51. The van der Waals surface area contributed by atoms with Gasteiger partial charge in [0.05, 0.1) is 13.2 Å². The molecule has 0 radical (unpaired) electrons. The lowest BCUT2D eigenvalue weighted by atomic mass is 10.1. The summed E-state index contributed by atoms with van der Waals surface area (Å²) in [6.07, 6.45) is 3.73. The van der Waals surface area contributed by atoms with E-state index in [1.54, 1.807) is 6.33 Å². The quantitative estimate of drug-likeness (QED) is 0.817. The molecule has 6 heteroatoms. The number of benzene rings is 1. The molecule has 3 rings (SSSR count). The van der Waals surface area contributed by atoms with E-state index in [2.05, 4.69) is 67.3 Å². The van der Waals surface area contributed by atoms with Gasteiger partial charge in [0.1, 0.15) is 18.0 Å². The average molecular weight is 391 g/mol. The van der Waals surface area contributed by atoms with Gasteiger partial charge in [0.2, 0.25) is 0 Å². The van der Waals surface area contributed by atoms with Gasteiger partial charge in [-0.05, 0) is 37.5 Å². The molecule has 1 N–H and O–H groups in total. The zero-order valence-electron chi connectivity index (χ0n) is 13.9. The number of nitrogens with zero attached hydrogens (tertiary/aromatic N) is 3. The molecule has 0 saturated carbocycles. The summed E-state index contributed by atoms with van der Waals surface area (Å²) in [6.45, 7) is 5.48. The summed E-state index contributed by atoms with van der Waals surface area (Å²) < 4.78 is 6.51. The number of nitrogens with one attached hydrogen (secondary N) is 1. The maximum Gasteiger partial charge on any atom is 0.134 e. The van der Waals surface area contributed by atoms with Crippen molar-refractivity contribution in [3.8, 4) is 0 Å². The molecule has 1 atom stereocenters. The van der Waals surface area contributed by atoms with Crippen molar-refractivity contribution in [3.05, 3.63) is 46.7 Å². The third-order valence-corrected chi connectivity index (χ3v) is 4.69. The minimum absolute atomic E-state index is 0.348. The highest BCUT2D eigenvalue weighted by atomic mass is 79.9. The third kappa shape index (κ3) is 4.92. The third-order valence-electron chi connectivity index (χ3n) is 4.16. The number of hydrogen-bond acceptors (Lipinski definition) is 5. The predicted molar refractivity (Wildman–Crippen MR) is 101 cm³/mol. The maximum absolute atomic E-state index is 5.39. The fourth-order valence-corrected chi connectivity index (χ4v) is 3.01. The smallest absolute Gasteiger partial charge is 0.134 e. The molecule has 5 nitrogen and oxygen atoms in total.